The van der Waals surface area contributed by atoms with Crippen molar-refractivity contribution in [1.29, 1.82) is 0 Å². The number of aliphatic carboxylic acids is 1. The highest BCUT2D eigenvalue weighted by atomic mass is 16.4. The zero-order chi connectivity index (χ0) is 13.8. The molecule has 0 bridgehead atoms. The van der Waals surface area contributed by atoms with Gasteiger partial charge in [0.05, 0.1) is 6.42 Å². The average molecular weight is 261 g/mol. The summed E-state index contributed by atoms with van der Waals surface area (Å²) in [5, 5.41) is 12.6. The van der Waals surface area contributed by atoms with Crippen LogP contribution in [-0.4, -0.2) is 24.2 Å². The maximum absolute atomic E-state index is 11.2. The summed E-state index contributed by atoms with van der Waals surface area (Å²) in [6.07, 6.45) is 2.39. The van der Waals surface area contributed by atoms with Crippen molar-refractivity contribution in [3.05, 3.63) is 34.9 Å². The highest BCUT2D eigenvalue weighted by molar-refractivity contribution is 5.68. The molecule has 1 unspecified atom stereocenters. The summed E-state index contributed by atoms with van der Waals surface area (Å²) in [4.78, 5) is 11.2. The molecule has 0 spiro atoms. The van der Waals surface area contributed by atoms with Gasteiger partial charge >= 0.3 is 5.97 Å². The van der Waals surface area contributed by atoms with Crippen molar-refractivity contribution in [1.82, 2.24) is 5.32 Å². The van der Waals surface area contributed by atoms with Crippen molar-refractivity contribution in [3.63, 3.8) is 0 Å². The van der Waals surface area contributed by atoms with Gasteiger partial charge in [-0.05, 0) is 62.7 Å². The Labute approximate surface area is 115 Å². The molecule has 0 aliphatic carbocycles. The fraction of sp³-hybridized carbons (Fsp3) is 0.562. The fourth-order valence-electron chi connectivity index (χ4n) is 3.12. The number of carboxylic acids is 1. The molecular formula is C16H23NO2. The van der Waals surface area contributed by atoms with Crippen molar-refractivity contribution in [2.45, 2.75) is 39.0 Å². The van der Waals surface area contributed by atoms with Gasteiger partial charge < -0.3 is 10.4 Å². The van der Waals surface area contributed by atoms with Crippen molar-refractivity contribution in [3.8, 4) is 0 Å². The Bertz CT molecular complexity index is 450. The smallest absolute Gasteiger partial charge is 0.303 e. The summed E-state index contributed by atoms with van der Waals surface area (Å²) < 4.78 is 0. The molecule has 0 saturated carbocycles. The van der Waals surface area contributed by atoms with Crippen LogP contribution in [-0.2, 0) is 4.79 Å². The zero-order valence-corrected chi connectivity index (χ0v) is 11.8. The van der Waals surface area contributed by atoms with E-state index < -0.39 is 5.97 Å². The number of rotatable bonds is 4. The SMILES string of the molecule is Cc1ccc(C)c(C(CC(=O)O)C2CCNCC2)c1. The van der Waals surface area contributed by atoms with E-state index in [0.717, 1.165) is 25.9 Å². The maximum atomic E-state index is 11.2. The molecular weight excluding hydrogens is 238 g/mol. The van der Waals surface area contributed by atoms with Crippen LogP contribution in [0.2, 0.25) is 0 Å². The van der Waals surface area contributed by atoms with Gasteiger partial charge in [0, 0.05) is 0 Å². The molecule has 2 rings (SSSR count). The summed E-state index contributed by atoms with van der Waals surface area (Å²) in [6.45, 7) is 6.17. The van der Waals surface area contributed by atoms with Gasteiger partial charge in [-0.15, -0.1) is 0 Å². The van der Waals surface area contributed by atoms with E-state index >= 15 is 0 Å². The van der Waals surface area contributed by atoms with E-state index in [2.05, 4.69) is 37.4 Å². The average Bonchev–Trinajstić information content (AvgIpc) is 2.40. The highest BCUT2D eigenvalue weighted by Crippen LogP contribution is 2.35. The van der Waals surface area contributed by atoms with Crippen molar-refractivity contribution in [2.75, 3.05) is 13.1 Å². The summed E-state index contributed by atoms with van der Waals surface area (Å²) in [5.41, 5.74) is 3.66. The van der Waals surface area contributed by atoms with Crippen LogP contribution in [0.1, 0.15) is 41.9 Å². The molecule has 0 aromatic heterocycles. The zero-order valence-electron chi connectivity index (χ0n) is 11.8. The van der Waals surface area contributed by atoms with E-state index in [0.29, 0.717) is 5.92 Å². The second-order valence-corrected chi connectivity index (χ2v) is 5.65. The first kappa shape index (κ1) is 14.1. The minimum Gasteiger partial charge on any atom is -0.481 e. The highest BCUT2D eigenvalue weighted by Gasteiger charge is 2.28. The lowest BCUT2D eigenvalue weighted by Gasteiger charge is -2.31. The number of piperidine rings is 1. The lowest BCUT2D eigenvalue weighted by molar-refractivity contribution is -0.137. The molecule has 1 atom stereocenters. The van der Waals surface area contributed by atoms with Crippen LogP contribution in [0.15, 0.2) is 18.2 Å². The number of nitrogens with one attached hydrogen (secondary N) is 1. The molecule has 1 aliphatic heterocycles. The van der Waals surface area contributed by atoms with Crippen molar-refractivity contribution < 1.29 is 9.90 Å². The van der Waals surface area contributed by atoms with Crippen LogP contribution >= 0.6 is 0 Å². The third kappa shape index (κ3) is 3.57. The Morgan fingerprint density at radius 3 is 2.68 bits per heavy atom. The summed E-state index contributed by atoms with van der Waals surface area (Å²) in [6, 6.07) is 6.38. The van der Waals surface area contributed by atoms with Gasteiger partial charge in [0.1, 0.15) is 0 Å². The van der Waals surface area contributed by atoms with Gasteiger partial charge in [-0.25, -0.2) is 0 Å². The molecule has 19 heavy (non-hydrogen) atoms. The molecule has 1 heterocycles. The van der Waals surface area contributed by atoms with Crippen LogP contribution in [0, 0.1) is 19.8 Å². The Morgan fingerprint density at radius 2 is 2.05 bits per heavy atom. The molecule has 1 fully saturated rings. The van der Waals surface area contributed by atoms with Gasteiger partial charge in [0.2, 0.25) is 0 Å². The van der Waals surface area contributed by atoms with E-state index in [1.54, 1.807) is 0 Å². The van der Waals surface area contributed by atoms with E-state index in [4.69, 9.17) is 0 Å². The molecule has 1 saturated heterocycles. The molecule has 1 aromatic carbocycles. The first-order valence-electron chi connectivity index (χ1n) is 7.07. The van der Waals surface area contributed by atoms with Gasteiger partial charge in [0.25, 0.3) is 0 Å². The van der Waals surface area contributed by atoms with E-state index in [1.807, 2.05) is 0 Å². The normalized spacial score (nSPS) is 18.2. The predicted octanol–water partition coefficient (Wildman–Crippen LogP) is 2.86. The van der Waals surface area contributed by atoms with Gasteiger partial charge in [0.15, 0.2) is 0 Å². The number of carbonyl (C=O) groups is 1. The Kier molecular flexibility index (Phi) is 4.59. The van der Waals surface area contributed by atoms with E-state index in [9.17, 15) is 9.90 Å². The lowest BCUT2D eigenvalue weighted by Crippen LogP contribution is -2.32. The molecule has 3 nitrogen and oxygen atoms in total. The monoisotopic (exact) mass is 261 g/mol. The van der Waals surface area contributed by atoms with Crippen LogP contribution in [0.25, 0.3) is 0 Å². The molecule has 104 valence electrons. The van der Waals surface area contributed by atoms with Gasteiger partial charge in [-0.2, -0.15) is 0 Å². The molecule has 1 aromatic rings. The second-order valence-electron chi connectivity index (χ2n) is 5.65. The van der Waals surface area contributed by atoms with Gasteiger partial charge in [-0.1, -0.05) is 23.8 Å². The Balaban J connectivity index is 2.29. The standard InChI is InChI=1S/C16H23NO2/c1-11-3-4-12(2)14(9-11)15(10-16(18)19)13-5-7-17-8-6-13/h3-4,9,13,15,17H,5-8,10H2,1-2H3,(H,18,19). The maximum Gasteiger partial charge on any atom is 0.303 e. The quantitative estimate of drug-likeness (QED) is 0.876. The first-order valence-corrected chi connectivity index (χ1v) is 7.07. The minimum atomic E-state index is -0.690. The third-order valence-electron chi connectivity index (χ3n) is 4.18. The number of aryl methyl sites for hydroxylation is 2. The molecule has 2 N–H and O–H groups in total. The topological polar surface area (TPSA) is 49.3 Å². The summed E-state index contributed by atoms with van der Waals surface area (Å²) in [5.74, 6) is -0.0539. The van der Waals surface area contributed by atoms with Crippen molar-refractivity contribution in [2.24, 2.45) is 5.92 Å². The predicted molar refractivity (Wildman–Crippen MR) is 76.5 cm³/mol. The molecule has 3 heteroatoms. The molecule has 1 aliphatic rings. The van der Waals surface area contributed by atoms with E-state index in [-0.39, 0.29) is 12.3 Å². The number of hydrogen-bond acceptors (Lipinski definition) is 2. The van der Waals surface area contributed by atoms with Crippen molar-refractivity contribution >= 4 is 5.97 Å². The number of benzene rings is 1. The van der Waals surface area contributed by atoms with E-state index in [1.165, 1.54) is 16.7 Å². The fourth-order valence-corrected chi connectivity index (χ4v) is 3.12. The Morgan fingerprint density at radius 1 is 1.37 bits per heavy atom. The summed E-state index contributed by atoms with van der Waals surface area (Å²) in [7, 11) is 0. The minimum absolute atomic E-state index is 0.152. The lowest BCUT2D eigenvalue weighted by atomic mass is 9.77. The molecule has 0 amide bonds. The van der Waals surface area contributed by atoms with Crippen LogP contribution in [0.3, 0.4) is 0 Å². The third-order valence-corrected chi connectivity index (χ3v) is 4.18. The largest absolute Gasteiger partial charge is 0.481 e. The molecule has 0 radical (unpaired) electrons. The van der Waals surface area contributed by atoms with Crippen LogP contribution < -0.4 is 5.32 Å². The van der Waals surface area contributed by atoms with Gasteiger partial charge in [-0.3, -0.25) is 4.79 Å². The Hall–Kier alpha value is -1.35. The van der Waals surface area contributed by atoms with Crippen LogP contribution in [0.4, 0.5) is 0 Å². The number of hydrogen-bond donors (Lipinski definition) is 2. The number of carboxylic acid groups (broad SMARTS) is 1. The van der Waals surface area contributed by atoms with Crippen LogP contribution in [0.5, 0.6) is 0 Å². The second kappa shape index (κ2) is 6.20. The summed E-state index contributed by atoms with van der Waals surface area (Å²) >= 11 is 0. The first-order chi connectivity index (χ1) is 9.08.